The molecule has 104 valence electrons. The van der Waals surface area contributed by atoms with Crippen molar-refractivity contribution >= 4 is 22.5 Å². The Hall–Kier alpha value is -1.89. The summed E-state index contributed by atoms with van der Waals surface area (Å²) in [6, 6.07) is 6.40. The first-order valence-electron chi connectivity index (χ1n) is 5.70. The number of carbonyl (C=O) groups excluding carboxylic acids is 1. The van der Waals surface area contributed by atoms with Gasteiger partial charge in [0.25, 0.3) is 5.91 Å². The number of nitrogens with two attached hydrogens (primary N) is 1. The molecule has 7 heteroatoms. The molecule has 0 aliphatic heterocycles. The van der Waals surface area contributed by atoms with Gasteiger partial charge in [-0.05, 0) is 18.6 Å². The number of benzene rings is 1. The van der Waals surface area contributed by atoms with E-state index >= 15 is 0 Å². The Morgan fingerprint density at radius 1 is 1.37 bits per heavy atom. The number of rotatable bonds is 6. The molecule has 0 saturated heterocycles. The van der Waals surface area contributed by atoms with Crippen LogP contribution >= 0.6 is 0 Å². The number of nitrogens with zero attached hydrogens (tertiary/aromatic N) is 1. The van der Waals surface area contributed by atoms with Crippen LogP contribution < -0.4 is 11.1 Å². The van der Waals surface area contributed by atoms with E-state index in [0.29, 0.717) is 29.8 Å². The minimum Gasteiger partial charge on any atom is -0.409 e. The topological polar surface area (TPSA) is 105 Å². The molecule has 1 rings (SSSR count). The van der Waals surface area contributed by atoms with E-state index < -0.39 is 10.8 Å². The van der Waals surface area contributed by atoms with Crippen LogP contribution in [-0.2, 0) is 10.8 Å². The van der Waals surface area contributed by atoms with Crippen molar-refractivity contribution in [1.82, 2.24) is 5.32 Å². The normalized spacial score (nSPS) is 13.0. The maximum absolute atomic E-state index is 11.7. The van der Waals surface area contributed by atoms with Crippen LogP contribution in [0.2, 0.25) is 0 Å². The van der Waals surface area contributed by atoms with Gasteiger partial charge in [0.2, 0.25) is 0 Å². The zero-order chi connectivity index (χ0) is 14.3. The van der Waals surface area contributed by atoms with Crippen molar-refractivity contribution in [2.75, 3.05) is 18.6 Å². The van der Waals surface area contributed by atoms with Gasteiger partial charge in [0.15, 0.2) is 5.84 Å². The van der Waals surface area contributed by atoms with Crippen molar-refractivity contribution in [3.05, 3.63) is 35.4 Å². The lowest BCUT2D eigenvalue weighted by Gasteiger charge is -2.05. The van der Waals surface area contributed by atoms with Crippen LogP contribution in [0.15, 0.2) is 29.4 Å². The van der Waals surface area contributed by atoms with E-state index in [0.717, 1.165) is 0 Å². The van der Waals surface area contributed by atoms with Crippen LogP contribution in [0.3, 0.4) is 0 Å². The number of amidine groups is 1. The molecule has 0 radical (unpaired) electrons. The SMILES string of the molecule is CS(=O)CCCNC(=O)c1ccc(/C(N)=N/O)cc1. The number of carbonyl (C=O) groups is 1. The maximum Gasteiger partial charge on any atom is 0.251 e. The van der Waals surface area contributed by atoms with Crippen molar-refractivity contribution in [3.63, 3.8) is 0 Å². The summed E-state index contributed by atoms with van der Waals surface area (Å²) in [5.41, 5.74) is 6.45. The number of hydrogen-bond acceptors (Lipinski definition) is 4. The summed E-state index contributed by atoms with van der Waals surface area (Å²) in [5.74, 6) is 0.369. The molecule has 1 aromatic carbocycles. The van der Waals surface area contributed by atoms with Gasteiger partial charge < -0.3 is 16.3 Å². The van der Waals surface area contributed by atoms with E-state index in [2.05, 4.69) is 10.5 Å². The molecule has 6 nitrogen and oxygen atoms in total. The highest BCUT2D eigenvalue weighted by Crippen LogP contribution is 2.04. The molecule has 0 spiro atoms. The quantitative estimate of drug-likeness (QED) is 0.229. The molecule has 1 atom stereocenters. The van der Waals surface area contributed by atoms with Crippen LogP contribution in [0.5, 0.6) is 0 Å². The predicted octanol–water partition coefficient (Wildman–Crippen LogP) is 0.280. The highest BCUT2D eigenvalue weighted by molar-refractivity contribution is 7.84. The van der Waals surface area contributed by atoms with Gasteiger partial charge in [-0.2, -0.15) is 0 Å². The van der Waals surface area contributed by atoms with E-state index in [4.69, 9.17) is 10.9 Å². The van der Waals surface area contributed by atoms with E-state index in [1.165, 1.54) is 0 Å². The van der Waals surface area contributed by atoms with Gasteiger partial charge >= 0.3 is 0 Å². The molecule has 0 saturated carbocycles. The minimum atomic E-state index is -0.836. The highest BCUT2D eigenvalue weighted by atomic mass is 32.2. The summed E-state index contributed by atoms with van der Waals surface area (Å²) in [4.78, 5) is 11.7. The van der Waals surface area contributed by atoms with Crippen molar-refractivity contribution < 1.29 is 14.2 Å². The second-order valence-corrected chi connectivity index (χ2v) is 5.50. The van der Waals surface area contributed by atoms with Crippen molar-refractivity contribution in [1.29, 1.82) is 0 Å². The van der Waals surface area contributed by atoms with Crippen molar-refractivity contribution in [2.45, 2.75) is 6.42 Å². The molecule has 0 aromatic heterocycles. The van der Waals surface area contributed by atoms with Gasteiger partial charge in [0, 0.05) is 40.5 Å². The van der Waals surface area contributed by atoms with Crippen LogP contribution in [-0.4, -0.2) is 39.7 Å². The smallest absolute Gasteiger partial charge is 0.251 e. The molecule has 0 fully saturated rings. The zero-order valence-electron chi connectivity index (χ0n) is 10.6. The van der Waals surface area contributed by atoms with E-state index in [9.17, 15) is 9.00 Å². The monoisotopic (exact) mass is 283 g/mol. The zero-order valence-corrected chi connectivity index (χ0v) is 11.4. The van der Waals surface area contributed by atoms with E-state index in [-0.39, 0.29) is 11.7 Å². The number of nitrogens with one attached hydrogen (secondary N) is 1. The second kappa shape index (κ2) is 7.52. The molecule has 0 heterocycles. The lowest BCUT2D eigenvalue weighted by Crippen LogP contribution is -2.25. The summed E-state index contributed by atoms with van der Waals surface area (Å²) in [5, 5.41) is 14.1. The average Bonchev–Trinajstić information content (AvgIpc) is 2.42. The molecule has 0 bridgehead atoms. The van der Waals surface area contributed by atoms with Gasteiger partial charge in [0.1, 0.15) is 0 Å². The third kappa shape index (κ3) is 5.09. The summed E-state index contributed by atoms with van der Waals surface area (Å²) >= 11 is 0. The first-order chi connectivity index (χ1) is 9.04. The first-order valence-corrected chi connectivity index (χ1v) is 7.43. The third-order valence-corrected chi connectivity index (χ3v) is 3.31. The summed E-state index contributed by atoms with van der Waals surface area (Å²) in [6.45, 7) is 0.487. The largest absolute Gasteiger partial charge is 0.409 e. The van der Waals surface area contributed by atoms with Gasteiger partial charge in [-0.3, -0.25) is 9.00 Å². The standard InChI is InChI=1S/C12H17N3O3S/c1-19(18)8-2-7-14-12(16)10-5-3-9(4-6-10)11(13)15-17/h3-6,17H,2,7-8H2,1H3,(H2,13,15)(H,14,16). The van der Waals surface area contributed by atoms with Crippen molar-refractivity contribution in [2.24, 2.45) is 10.9 Å². The fraction of sp³-hybridized carbons (Fsp3) is 0.333. The summed E-state index contributed by atoms with van der Waals surface area (Å²) in [7, 11) is -0.836. The third-order valence-electron chi connectivity index (χ3n) is 2.44. The average molecular weight is 283 g/mol. The van der Waals surface area contributed by atoms with Crippen LogP contribution in [0.4, 0.5) is 0 Å². The van der Waals surface area contributed by atoms with Gasteiger partial charge in [-0.1, -0.05) is 17.3 Å². The van der Waals surface area contributed by atoms with Crippen LogP contribution in [0.25, 0.3) is 0 Å². The Morgan fingerprint density at radius 3 is 2.47 bits per heavy atom. The number of amides is 1. The highest BCUT2D eigenvalue weighted by Gasteiger charge is 2.06. The summed E-state index contributed by atoms with van der Waals surface area (Å²) < 4.78 is 10.8. The van der Waals surface area contributed by atoms with Crippen LogP contribution in [0.1, 0.15) is 22.3 Å². The lowest BCUT2D eigenvalue weighted by molar-refractivity contribution is 0.0953. The second-order valence-electron chi connectivity index (χ2n) is 3.95. The fourth-order valence-corrected chi connectivity index (χ4v) is 1.98. The minimum absolute atomic E-state index is 0.00242. The van der Waals surface area contributed by atoms with Crippen LogP contribution in [0, 0.1) is 0 Å². The molecule has 1 amide bonds. The fourth-order valence-electron chi connectivity index (χ4n) is 1.43. The Morgan fingerprint density at radius 2 is 1.95 bits per heavy atom. The van der Waals surface area contributed by atoms with Gasteiger partial charge in [0.05, 0.1) is 0 Å². The van der Waals surface area contributed by atoms with Crippen molar-refractivity contribution in [3.8, 4) is 0 Å². The number of oxime groups is 1. The lowest BCUT2D eigenvalue weighted by atomic mass is 10.1. The maximum atomic E-state index is 11.7. The Balaban J connectivity index is 2.51. The predicted molar refractivity (Wildman–Crippen MR) is 74.8 cm³/mol. The molecule has 0 aliphatic carbocycles. The molecule has 4 N–H and O–H groups in total. The summed E-state index contributed by atoms with van der Waals surface area (Å²) in [6.07, 6.45) is 2.31. The Bertz CT molecular complexity index is 485. The van der Waals surface area contributed by atoms with E-state index in [1.54, 1.807) is 30.5 Å². The molecule has 1 unspecified atom stereocenters. The molecular formula is C12H17N3O3S. The molecule has 0 aliphatic rings. The molecule has 1 aromatic rings. The number of hydrogen-bond donors (Lipinski definition) is 3. The molecule has 19 heavy (non-hydrogen) atoms. The Kier molecular flexibility index (Phi) is 6.01. The van der Waals surface area contributed by atoms with E-state index in [1.807, 2.05) is 0 Å². The Labute approximate surface area is 114 Å². The first kappa shape index (κ1) is 15.2. The van der Waals surface area contributed by atoms with Gasteiger partial charge in [-0.15, -0.1) is 0 Å². The molecular weight excluding hydrogens is 266 g/mol. The van der Waals surface area contributed by atoms with Gasteiger partial charge in [-0.25, -0.2) is 0 Å².